The van der Waals surface area contributed by atoms with Crippen molar-refractivity contribution in [3.63, 3.8) is 0 Å². The average Bonchev–Trinajstić information content (AvgIpc) is 3.11. The molecule has 0 atom stereocenters. The van der Waals surface area contributed by atoms with E-state index in [-0.39, 0.29) is 11.6 Å². The van der Waals surface area contributed by atoms with Gasteiger partial charge in [0.05, 0.1) is 5.56 Å². The largest absolute Gasteiger partial charge is 0.416 e. The minimum absolute atomic E-state index is 0.0382. The van der Waals surface area contributed by atoms with E-state index in [0.717, 1.165) is 12.1 Å². The fourth-order valence-corrected chi connectivity index (χ4v) is 2.01. The molecule has 0 bridgehead atoms. The van der Waals surface area contributed by atoms with E-state index in [1.165, 1.54) is 23.3 Å². The lowest BCUT2D eigenvalue weighted by atomic mass is 10.2. The van der Waals surface area contributed by atoms with Crippen LogP contribution in [0.25, 0.3) is 11.1 Å². The summed E-state index contributed by atoms with van der Waals surface area (Å²) in [4.78, 5) is 0. The Morgan fingerprint density at radius 2 is 1.70 bits per heavy atom. The topological polar surface area (TPSA) is 47.9 Å². The molecule has 3 rings (SSSR count). The van der Waals surface area contributed by atoms with Gasteiger partial charge in [0.1, 0.15) is 0 Å². The van der Waals surface area contributed by atoms with Gasteiger partial charge in [-0.05, 0) is 35.4 Å². The zero-order chi connectivity index (χ0) is 16.9. The summed E-state index contributed by atoms with van der Waals surface area (Å²) in [5.41, 5.74) is 2.34. The second-order valence-electron chi connectivity index (χ2n) is 4.78. The van der Waals surface area contributed by atoms with Crippen molar-refractivity contribution in [1.82, 2.24) is 5.32 Å². The third-order valence-corrected chi connectivity index (χ3v) is 3.36. The summed E-state index contributed by atoms with van der Waals surface area (Å²) in [7, 11) is 0. The number of rotatable bonds is 3. The molecule has 0 saturated carbocycles. The van der Waals surface area contributed by atoms with Crippen LogP contribution < -0.4 is 10.6 Å². The van der Waals surface area contributed by atoms with E-state index < -0.39 is 11.7 Å². The quantitative estimate of drug-likeness (QED) is 0.347. The maximum atomic E-state index is 12.4. The lowest BCUT2D eigenvalue weighted by Gasteiger charge is -2.11. The zero-order valence-corrected chi connectivity index (χ0v) is 13.6. The van der Waals surface area contributed by atoms with Gasteiger partial charge in [-0.2, -0.15) is 13.2 Å². The zero-order valence-electron chi connectivity index (χ0n) is 12.0. The van der Waals surface area contributed by atoms with Gasteiger partial charge in [0.2, 0.25) is 0 Å². The van der Waals surface area contributed by atoms with Gasteiger partial charge < -0.3 is 10.6 Å². The molecule has 0 saturated heterocycles. The molecule has 0 amide bonds. The minimum atomic E-state index is -4.37. The van der Waals surface area contributed by atoms with E-state index in [1.54, 1.807) is 0 Å². The standard InChI is InChI=1S/C10H11BrF3N3.C6H4/c11-4-5-16-9(15)17-8-3-1-2-7(6-8)10(12,13)14;1-2-5-4-6(5)3-1/h1-3,6H,4-5H2,(H3,15,16,17);1-4H. The normalized spacial score (nSPS) is 11.1. The third kappa shape index (κ3) is 5.59. The van der Waals surface area contributed by atoms with Crippen molar-refractivity contribution < 1.29 is 13.2 Å². The van der Waals surface area contributed by atoms with Crippen molar-refractivity contribution in [2.75, 3.05) is 17.2 Å². The Bertz CT molecular complexity index is 669. The van der Waals surface area contributed by atoms with E-state index in [4.69, 9.17) is 5.41 Å². The molecule has 122 valence electrons. The number of hydrogen-bond acceptors (Lipinski definition) is 1. The number of alkyl halides is 4. The van der Waals surface area contributed by atoms with E-state index in [1.807, 2.05) is 0 Å². The first-order valence-electron chi connectivity index (χ1n) is 6.83. The van der Waals surface area contributed by atoms with Crippen molar-refractivity contribution in [2.45, 2.75) is 6.18 Å². The van der Waals surface area contributed by atoms with Crippen molar-refractivity contribution in [3.05, 3.63) is 54.1 Å². The van der Waals surface area contributed by atoms with Gasteiger partial charge >= 0.3 is 6.18 Å². The molecule has 7 heteroatoms. The van der Waals surface area contributed by atoms with Crippen molar-refractivity contribution >= 4 is 27.6 Å². The molecule has 0 aromatic heterocycles. The van der Waals surface area contributed by atoms with Crippen molar-refractivity contribution in [1.29, 1.82) is 5.41 Å². The number of hydrogen-bond donors (Lipinski definition) is 3. The Hall–Kier alpha value is -2.02. The van der Waals surface area contributed by atoms with Crippen LogP contribution in [-0.4, -0.2) is 17.8 Å². The Morgan fingerprint density at radius 3 is 2.17 bits per heavy atom. The first kappa shape index (κ1) is 17.3. The van der Waals surface area contributed by atoms with Crippen LogP contribution in [0.1, 0.15) is 5.56 Å². The van der Waals surface area contributed by atoms with Crippen LogP contribution in [0.5, 0.6) is 0 Å². The maximum absolute atomic E-state index is 12.4. The highest BCUT2D eigenvalue weighted by atomic mass is 79.9. The van der Waals surface area contributed by atoms with Crippen LogP contribution >= 0.6 is 15.9 Å². The highest BCUT2D eigenvalue weighted by molar-refractivity contribution is 9.09. The van der Waals surface area contributed by atoms with Crippen LogP contribution in [0.4, 0.5) is 18.9 Å². The fraction of sp³-hybridized carbons (Fsp3) is 0.188. The molecular weight excluding hydrogens is 371 g/mol. The molecule has 0 unspecified atom stereocenters. The number of fused-ring (bicyclic) bond motifs is 1. The summed E-state index contributed by atoms with van der Waals surface area (Å²) < 4.78 is 37.2. The highest BCUT2D eigenvalue weighted by Crippen LogP contribution is 2.32. The summed E-state index contributed by atoms with van der Waals surface area (Å²) in [6, 6.07) is 13.2. The molecule has 0 fully saturated rings. The lowest BCUT2D eigenvalue weighted by Crippen LogP contribution is -2.31. The second-order valence-corrected chi connectivity index (χ2v) is 5.57. The average molecular weight is 386 g/mol. The number of guanidine groups is 1. The van der Waals surface area contributed by atoms with Gasteiger partial charge in [0.25, 0.3) is 0 Å². The molecule has 0 heterocycles. The molecule has 0 spiro atoms. The molecular formula is C16H15BrF3N3. The lowest BCUT2D eigenvalue weighted by molar-refractivity contribution is -0.137. The fourth-order valence-electron chi connectivity index (χ4n) is 1.81. The van der Waals surface area contributed by atoms with Crippen molar-refractivity contribution in [3.8, 4) is 11.1 Å². The molecule has 2 aliphatic rings. The monoisotopic (exact) mass is 385 g/mol. The summed E-state index contributed by atoms with van der Waals surface area (Å²) in [5.74, 6) is -0.0382. The SMILES string of the molecule is N=C(NCCBr)Nc1cccc(C(F)(F)F)c1.c1cc2cc-2c1. The first-order valence-corrected chi connectivity index (χ1v) is 7.95. The van der Waals surface area contributed by atoms with Crippen LogP contribution in [-0.2, 0) is 6.18 Å². The third-order valence-electron chi connectivity index (χ3n) is 2.97. The van der Waals surface area contributed by atoms with Gasteiger partial charge in [0, 0.05) is 17.6 Å². The summed E-state index contributed by atoms with van der Waals surface area (Å²) in [6.07, 6.45) is -4.37. The second kappa shape index (κ2) is 7.50. The van der Waals surface area contributed by atoms with Gasteiger partial charge in [-0.25, -0.2) is 0 Å². The van der Waals surface area contributed by atoms with Gasteiger partial charge in [-0.15, -0.1) is 0 Å². The van der Waals surface area contributed by atoms with Crippen LogP contribution in [0.3, 0.4) is 0 Å². The molecule has 1 aromatic carbocycles. The Kier molecular flexibility index (Phi) is 5.65. The Morgan fingerprint density at radius 1 is 1.04 bits per heavy atom. The molecule has 23 heavy (non-hydrogen) atoms. The van der Waals surface area contributed by atoms with E-state index in [0.29, 0.717) is 11.9 Å². The molecule has 3 nitrogen and oxygen atoms in total. The predicted molar refractivity (Wildman–Crippen MR) is 90.0 cm³/mol. The maximum Gasteiger partial charge on any atom is 0.416 e. The number of anilines is 1. The summed E-state index contributed by atoms with van der Waals surface area (Å²) >= 11 is 3.17. The molecule has 1 aromatic rings. The van der Waals surface area contributed by atoms with Gasteiger partial charge in [-0.3, -0.25) is 5.41 Å². The van der Waals surface area contributed by atoms with Crippen LogP contribution in [0.2, 0.25) is 0 Å². The van der Waals surface area contributed by atoms with Crippen LogP contribution in [0, 0.1) is 5.41 Å². The predicted octanol–water partition coefficient (Wildman–Crippen LogP) is 4.70. The Balaban J connectivity index is 0.000000260. The van der Waals surface area contributed by atoms with E-state index >= 15 is 0 Å². The Labute approximate surface area is 140 Å². The minimum Gasteiger partial charge on any atom is -0.355 e. The summed E-state index contributed by atoms with van der Waals surface area (Å²) in [6.45, 7) is 0.519. The molecule has 0 radical (unpaired) electrons. The highest BCUT2D eigenvalue weighted by Gasteiger charge is 2.30. The number of halogens is 4. The summed E-state index contributed by atoms with van der Waals surface area (Å²) in [5, 5.41) is 13.3. The van der Waals surface area contributed by atoms with E-state index in [2.05, 4.69) is 50.8 Å². The number of nitrogens with one attached hydrogen (secondary N) is 3. The van der Waals surface area contributed by atoms with Crippen molar-refractivity contribution in [2.24, 2.45) is 0 Å². The first-order chi connectivity index (χ1) is 10.9. The molecule has 0 aliphatic heterocycles. The molecule has 3 N–H and O–H groups in total. The number of benzene rings is 2. The van der Waals surface area contributed by atoms with Gasteiger partial charge in [-0.1, -0.05) is 40.2 Å². The smallest absolute Gasteiger partial charge is 0.355 e. The molecule has 2 aliphatic carbocycles. The van der Waals surface area contributed by atoms with E-state index in [9.17, 15) is 13.2 Å². The van der Waals surface area contributed by atoms with Gasteiger partial charge in [0.15, 0.2) is 5.96 Å². The van der Waals surface area contributed by atoms with Crippen LogP contribution in [0.15, 0.2) is 48.5 Å².